The predicted molar refractivity (Wildman–Crippen MR) is 148 cm³/mol. The predicted octanol–water partition coefficient (Wildman–Crippen LogP) is 4.54. The van der Waals surface area contributed by atoms with Crippen LogP contribution in [0, 0.1) is 0 Å². The molecule has 2 fully saturated rings. The summed E-state index contributed by atoms with van der Waals surface area (Å²) in [5.74, 6) is 1.81. The van der Waals surface area contributed by atoms with Crippen LogP contribution < -0.4 is 24.8 Å². The van der Waals surface area contributed by atoms with Gasteiger partial charge in [0.05, 0.1) is 24.7 Å². The normalized spacial score (nSPS) is 18.1. The van der Waals surface area contributed by atoms with Crippen molar-refractivity contribution in [2.75, 3.05) is 37.9 Å². The molecule has 0 unspecified atom stereocenters. The van der Waals surface area contributed by atoms with E-state index < -0.39 is 10.0 Å². The summed E-state index contributed by atoms with van der Waals surface area (Å²) in [6.45, 7) is 1.90. The molecule has 1 aromatic heterocycles. The molecule has 5 rings (SSSR count). The molecule has 1 saturated carbocycles. The molecule has 12 heteroatoms. The molecule has 0 amide bonds. The lowest BCUT2D eigenvalue weighted by Gasteiger charge is -2.26. The zero-order chi connectivity index (χ0) is 26.7. The van der Waals surface area contributed by atoms with Crippen LogP contribution in [0.4, 0.5) is 23.1 Å². The van der Waals surface area contributed by atoms with Gasteiger partial charge in [-0.25, -0.2) is 18.1 Å². The molecule has 0 spiro atoms. The summed E-state index contributed by atoms with van der Waals surface area (Å²) in [5.41, 5.74) is 1.01. The minimum Gasteiger partial charge on any atom is -0.494 e. The largest absolute Gasteiger partial charge is 0.494 e. The van der Waals surface area contributed by atoms with Crippen molar-refractivity contribution >= 4 is 44.8 Å². The Balaban J connectivity index is 1.34. The third-order valence-corrected chi connectivity index (χ3v) is 8.53. The second-order valence-electron chi connectivity index (χ2n) is 9.54. The second kappa shape index (κ2) is 11.3. The van der Waals surface area contributed by atoms with E-state index in [0.717, 1.165) is 44.5 Å². The van der Waals surface area contributed by atoms with Crippen molar-refractivity contribution in [3.63, 3.8) is 0 Å². The number of likely N-dealkylation sites (N-methyl/N-ethyl adjacent to an activating group) is 1. The van der Waals surface area contributed by atoms with Gasteiger partial charge in [0, 0.05) is 25.2 Å². The van der Waals surface area contributed by atoms with E-state index >= 15 is 0 Å². The lowest BCUT2D eigenvalue weighted by Crippen LogP contribution is -2.39. The van der Waals surface area contributed by atoms with E-state index in [2.05, 4.69) is 37.3 Å². The van der Waals surface area contributed by atoms with Crippen LogP contribution in [0.2, 0.25) is 5.02 Å². The molecule has 3 N–H and O–H groups in total. The fraction of sp³-hybridized carbons (Fsp3) is 0.385. The fourth-order valence-corrected chi connectivity index (χ4v) is 6.01. The van der Waals surface area contributed by atoms with Gasteiger partial charge in [-0.2, -0.15) is 4.98 Å². The molecule has 1 aliphatic heterocycles. The van der Waals surface area contributed by atoms with Gasteiger partial charge in [0.1, 0.15) is 27.5 Å². The number of methoxy groups -OCH3 is 1. The van der Waals surface area contributed by atoms with Gasteiger partial charge in [-0.3, -0.25) is 0 Å². The standard InChI is InChI=1S/C26H31ClN6O4S/c1-33-13-12-19(16-33)37-18-10-11-21(23(14-18)36-2)30-26-28-15-20(27)25(31-26)29-22-8-3-4-9-24(22)38(34,35)32-17-6-5-7-17/h3-4,8-11,14-15,17,19,32H,5-7,12-13,16H2,1-2H3,(H2,28,29,30,31)/t19-/m0/s1. The Morgan fingerprint density at radius 1 is 1.08 bits per heavy atom. The molecular formula is C26H31ClN6O4S. The topological polar surface area (TPSA) is 118 Å². The zero-order valence-corrected chi connectivity index (χ0v) is 22.8. The van der Waals surface area contributed by atoms with Gasteiger partial charge in [-0.1, -0.05) is 30.2 Å². The van der Waals surface area contributed by atoms with Crippen LogP contribution in [-0.2, 0) is 10.0 Å². The lowest BCUT2D eigenvalue weighted by atomic mass is 9.94. The first-order chi connectivity index (χ1) is 18.3. The lowest BCUT2D eigenvalue weighted by molar-refractivity contribution is 0.207. The van der Waals surface area contributed by atoms with Crippen molar-refractivity contribution in [2.45, 2.75) is 42.7 Å². The number of hydrogen-bond acceptors (Lipinski definition) is 9. The van der Waals surface area contributed by atoms with Gasteiger partial charge < -0.3 is 25.0 Å². The summed E-state index contributed by atoms with van der Waals surface area (Å²) in [7, 11) is -0.0523. The number of anilines is 4. The molecule has 1 saturated heterocycles. The minimum absolute atomic E-state index is 0.0298. The van der Waals surface area contributed by atoms with E-state index in [-0.39, 0.29) is 33.8 Å². The van der Waals surface area contributed by atoms with Gasteiger partial charge in [-0.05, 0) is 50.6 Å². The second-order valence-corrected chi connectivity index (χ2v) is 11.6. The van der Waals surface area contributed by atoms with Crippen LogP contribution in [0.5, 0.6) is 11.5 Å². The number of nitrogens with zero attached hydrogens (tertiary/aromatic N) is 3. The van der Waals surface area contributed by atoms with Gasteiger partial charge in [-0.15, -0.1) is 0 Å². The first-order valence-corrected chi connectivity index (χ1v) is 14.4. The molecule has 3 aromatic rings. The Bertz CT molecular complexity index is 1400. The first-order valence-electron chi connectivity index (χ1n) is 12.5. The number of aromatic nitrogens is 2. The number of sulfonamides is 1. The first kappa shape index (κ1) is 26.5. The highest BCUT2D eigenvalue weighted by Crippen LogP contribution is 2.34. The summed E-state index contributed by atoms with van der Waals surface area (Å²) in [4.78, 5) is 11.1. The third kappa shape index (κ3) is 6.12. The van der Waals surface area contributed by atoms with Crippen LogP contribution in [0.1, 0.15) is 25.7 Å². The maximum Gasteiger partial charge on any atom is 0.242 e. The molecule has 2 aliphatic rings. The molecule has 0 bridgehead atoms. The number of likely N-dealkylation sites (tertiary alicyclic amines) is 1. The summed E-state index contributed by atoms with van der Waals surface area (Å²) < 4.78 is 40.5. The van der Waals surface area contributed by atoms with Crippen molar-refractivity contribution in [1.82, 2.24) is 19.6 Å². The highest BCUT2D eigenvalue weighted by molar-refractivity contribution is 7.89. The van der Waals surface area contributed by atoms with Crippen molar-refractivity contribution in [1.29, 1.82) is 0 Å². The Morgan fingerprint density at radius 2 is 1.89 bits per heavy atom. The van der Waals surface area contributed by atoms with E-state index in [1.165, 1.54) is 6.20 Å². The van der Waals surface area contributed by atoms with E-state index in [1.807, 2.05) is 18.2 Å². The summed E-state index contributed by atoms with van der Waals surface area (Å²) in [5, 5.41) is 6.46. The quantitative estimate of drug-likeness (QED) is 0.329. The molecule has 0 radical (unpaired) electrons. The van der Waals surface area contributed by atoms with Gasteiger partial charge in [0.25, 0.3) is 0 Å². The monoisotopic (exact) mass is 558 g/mol. The van der Waals surface area contributed by atoms with Crippen molar-refractivity contribution in [2.24, 2.45) is 0 Å². The molecule has 2 heterocycles. The van der Waals surface area contributed by atoms with Crippen molar-refractivity contribution in [3.8, 4) is 11.5 Å². The van der Waals surface area contributed by atoms with Crippen LogP contribution in [0.25, 0.3) is 0 Å². The molecule has 10 nitrogen and oxygen atoms in total. The van der Waals surface area contributed by atoms with E-state index in [4.69, 9.17) is 21.1 Å². The Morgan fingerprint density at radius 3 is 2.61 bits per heavy atom. The van der Waals surface area contributed by atoms with Crippen LogP contribution >= 0.6 is 11.6 Å². The van der Waals surface area contributed by atoms with Gasteiger partial charge >= 0.3 is 0 Å². The third-order valence-electron chi connectivity index (χ3n) is 6.67. The number of nitrogens with one attached hydrogen (secondary N) is 3. The van der Waals surface area contributed by atoms with E-state index in [0.29, 0.717) is 17.1 Å². The summed E-state index contributed by atoms with van der Waals surface area (Å²) >= 11 is 6.38. The average Bonchev–Trinajstić information content (AvgIpc) is 3.29. The van der Waals surface area contributed by atoms with Crippen molar-refractivity contribution < 1.29 is 17.9 Å². The number of para-hydroxylation sites is 1. The zero-order valence-electron chi connectivity index (χ0n) is 21.3. The van der Waals surface area contributed by atoms with Crippen molar-refractivity contribution in [3.05, 3.63) is 53.7 Å². The Kier molecular flexibility index (Phi) is 7.89. The maximum atomic E-state index is 13.0. The van der Waals surface area contributed by atoms with E-state index in [9.17, 15) is 8.42 Å². The van der Waals surface area contributed by atoms with E-state index in [1.54, 1.807) is 31.4 Å². The Hall–Kier alpha value is -3.12. The SMILES string of the molecule is COc1cc(O[C@H]2CCN(C)C2)ccc1Nc1ncc(Cl)c(Nc2ccccc2S(=O)(=O)NC2CCC2)n1. The Labute approximate surface area is 227 Å². The highest BCUT2D eigenvalue weighted by Gasteiger charge is 2.27. The smallest absolute Gasteiger partial charge is 0.242 e. The molecule has 202 valence electrons. The highest BCUT2D eigenvalue weighted by atomic mass is 35.5. The van der Waals surface area contributed by atoms with Gasteiger partial charge in [0.15, 0.2) is 5.82 Å². The molecule has 38 heavy (non-hydrogen) atoms. The number of benzene rings is 2. The summed E-state index contributed by atoms with van der Waals surface area (Å²) in [6, 6.07) is 12.2. The number of ether oxygens (including phenoxy) is 2. The number of hydrogen-bond donors (Lipinski definition) is 3. The molecular weight excluding hydrogens is 528 g/mol. The maximum absolute atomic E-state index is 13.0. The molecule has 1 aliphatic carbocycles. The molecule has 1 atom stereocenters. The molecule has 2 aromatic carbocycles. The number of halogens is 1. The number of rotatable bonds is 10. The van der Waals surface area contributed by atoms with Crippen LogP contribution in [0.15, 0.2) is 53.6 Å². The van der Waals surface area contributed by atoms with Crippen LogP contribution in [0.3, 0.4) is 0 Å². The average molecular weight is 559 g/mol. The summed E-state index contributed by atoms with van der Waals surface area (Å²) in [6.07, 6.45) is 5.29. The van der Waals surface area contributed by atoms with Crippen LogP contribution in [-0.4, -0.2) is 62.7 Å². The van der Waals surface area contributed by atoms with Gasteiger partial charge in [0.2, 0.25) is 16.0 Å². The fourth-order valence-electron chi connectivity index (χ4n) is 4.41. The minimum atomic E-state index is -3.71.